The van der Waals surface area contributed by atoms with E-state index in [4.69, 9.17) is 18.3 Å². The Morgan fingerprint density at radius 3 is 2.48 bits per heavy atom. The summed E-state index contributed by atoms with van der Waals surface area (Å²) in [5.74, 6) is 2.08. The second-order valence-corrected chi connectivity index (χ2v) is 7.84. The summed E-state index contributed by atoms with van der Waals surface area (Å²) in [6.07, 6.45) is 0. The molecule has 148 valence electrons. The highest BCUT2D eigenvalue weighted by molar-refractivity contribution is 9.10. The average molecular weight is 475 g/mol. The Morgan fingerprint density at radius 1 is 1.00 bits per heavy atom. The first-order chi connectivity index (χ1) is 14.1. The zero-order valence-electron chi connectivity index (χ0n) is 15.5. The van der Waals surface area contributed by atoms with Crippen molar-refractivity contribution in [3.05, 3.63) is 62.9 Å². The molecule has 4 aromatic rings. The monoisotopic (exact) mass is 474 g/mol. The van der Waals surface area contributed by atoms with Gasteiger partial charge >= 0.3 is 5.63 Å². The zero-order valence-corrected chi connectivity index (χ0v) is 17.9. The minimum atomic E-state index is -0.402. The summed E-state index contributed by atoms with van der Waals surface area (Å²) < 4.78 is 22.4. The first kappa shape index (κ1) is 19.5. The molecular formula is C20H15BrN2O5S. The van der Waals surface area contributed by atoms with E-state index in [2.05, 4.69) is 26.1 Å². The molecule has 4 rings (SSSR count). The molecule has 0 N–H and O–H groups in total. The number of benzene rings is 2. The molecule has 0 aliphatic rings. The molecule has 0 aliphatic heterocycles. The minimum absolute atomic E-state index is 0.353. The van der Waals surface area contributed by atoms with Gasteiger partial charge in [0.2, 0.25) is 5.89 Å². The Labute approximate surface area is 178 Å². The summed E-state index contributed by atoms with van der Waals surface area (Å²) in [6, 6.07) is 12.4. The van der Waals surface area contributed by atoms with Gasteiger partial charge < -0.3 is 18.3 Å². The Balaban J connectivity index is 1.58. The fourth-order valence-electron chi connectivity index (χ4n) is 2.78. The van der Waals surface area contributed by atoms with Gasteiger partial charge in [-0.2, -0.15) is 0 Å². The number of hydrogen-bond donors (Lipinski definition) is 0. The lowest BCUT2D eigenvalue weighted by Gasteiger charge is -2.05. The molecular weight excluding hydrogens is 460 g/mol. The van der Waals surface area contributed by atoms with Crippen molar-refractivity contribution in [2.24, 2.45) is 0 Å². The van der Waals surface area contributed by atoms with Crippen LogP contribution in [-0.2, 0) is 5.75 Å². The molecule has 0 atom stereocenters. The molecule has 0 amide bonds. The van der Waals surface area contributed by atoms with Gasteiger partial charge in [0.1, 0.15) is 17.1 Å². The molecule has 0 unspecified atom stereocenters. The molecule has 29 heavy (non-hydrogen) atoms. The van der Waals surface area contributed by atoms with Crippen LogP contribution in [0.1, 0.15) is 5.56 Å². The van der Waals surface area contributed by atoms with Gasteiger partial charge in [-0.1, -0.05) is 27.7 Å². The largest absolute Gasteiger partial charge is 0.497 e. The topological polar surface area (TPSA) is 87.6 Å². The van der Waals surface area contributed by atoms with Crippen LogP contribution in [-0.4, -0.2) is 24.4 Å². The number of halogens is 1. The number of thioether (sulfide) groups is 1. The number of fused-ring (bicyclic) bond motifs is 1. The number of aromatic nitrogens is 2. The van der Waals surface area contributed by atoms with E-state index in [0.717, 1.165) is 15.4 Å². The molecule has 0 spiro atoms. The Morgan fingerprint density at radius 2 is 1.76 bits per heavy atom. The van der Waals surface area contributed by atoms with Crippen molar-refractivity contribution >= 4 is 38.7 Å². The molecule has 0 fully saturated rings. The second kappa shape index (κ2) is 8.30. The van der Waals surface area contributed by atoms with E-state index in [1.807, 2.05) is 12.1 Å². The van der Waals surface area contributed by atoms with Gasteiger partial charge in [-0.05, 0) is 35.9 Å². The SMILES string of the molecule is COc1cc(OC)cc(-c2nnc(SCc3cc(=O)oc4cc(Br)ccc34)o2)c1. The predicted octanol–water partition coefficient (Wildman–Crippen LogP) is 4.92. The number of methoxy groups -OCH3 is 2. The summed E-state index contributed by atoms with van der Waals surface area (Å²) in [6.45, 7) is 0. The predicted molar refractivity (Wildman–Crippen MR) is 113 cm³/mol. The summed E-state index contributed by atoms with van der Waals surface area (Å²) in [7, 11) is 3.15. The van der Waals surface area contributed by atoms with Crippen molar-refractivity contribution in [3.8, 4) is 23.0 Å². The van der Waals surface area contributed by atoms with E-state index in [1.54, 1.807) is 38.5 Å². The van der Waals surface area contributed by atoms with Crippen LogP contribution in [0, 0.1) is 0 Å². The standard InChI is InChI=1S/C20H15BrN2O5S/c1-25-14-5-11(6-15(9-14)26-2)19-22-23-20(28-19)29-10-12-7-18(24)27-17-8-13(21)3-4-16(12)17/h3-9H,10H2,1-2H3. The van der Waals surface area contributed by atoms with Crippen LogP contribution in [0.4, 0.5) is 0 Å². The van der Waals surface area contributed by atoms with E-state index in [9.17, 15) is 4.79 Å². The van der Waals surface area contributed by atoms with E-state index in [-0.39, 0.29) is 0 Å². The molecule has 0 saturated heterocycles. The van der Waals surface area contributed by atoms with Gasteiger partial charge in [-0.3, -0.25) is 0 Å². The molecule has 9 heteroatoms. The van der Waals surface area contributed by atoms with Crippen molar-refractivity contribution in [1.29, 1.82) is 0 Å². The van der Waals surface area contributed by atoms with Gasteiger partial charge in [-0.25, -0.2) is 4.79 Å². The maximum absolute atomic E-state index is 11.9. The smallest absolute Gasteiger partial charge is 0.336 e. The molecule has 0 bridgehead atoms. The molecule has 0 saturated carbocycles. The molecule has 2 aromatic heterocycles. The van der Waals surface area contributed by atoms with E-state index < -0.39 is 5.63 Å². The first-order valence-electron chi connectivity index (χ1n) is 8.48. The maximum Gasteiger partial charge on any atom is 0.336 e. The highest BCUT2D eigenvalue weighted by Gasteiger charge is 2.14. The van der Waals surface area contributed by atoms with Gasteiger partial charge in [0, 0.05) is 33.3 Å². The first-order valence-corrected chi connectivity index (χ1v) is 10.3. The Kier molecular flexibility index (Phi) is 5.59. The highest BCUT2D eigenvalue weighted by atomic mass is 79.9. The normalized spacial score (nSPS) is 11.0. The fourth-order valence-corrected chi connectivity index (χ4v) is 3.87. The van der Waals surface area contributed by atoms with Crippen LogP contribution in [0.25, 0.3) is 22.4 Å². The van der Waals surface area contributed by atoms with Crippen molar-refractivity contribution in [2.45, 2.75) is 11.0 Å². The van der Waals surface area contributed by atoms with Gasteiger partial charge in [-0.15, -0.1) is 10.2 Å². The minimum Gasteiger partial charge on any atom is -0.497 e. The fraction of sp³-hybridized carbons (Fsp3) is 0.150. The number of rotatable bonds is 6. The lowest BCUT2D eigenvalue weighted by Crippen LogP contribution is -1.99. The Bertz CT molecular complexity index is 1210. The van der Waals surface area contributed by atoms with Gasteiger partial charge in [0.05, 0.1) is 14.2 Å². The molecule has 2 aromatic carbocycles. The van der Waals surface area contributed by atoms with E-state index in [1.165, 1.54) is 17.8 Å². The lowest BCUT2D eigenvalue weighted by molar-refractivity contribution is 0.394. The molecule has 0 aliphatic carbocycles. The number of nitrogens with zero attached hydrogens (tertiary/aromatic N) is 2. The van der Waals surface area contributed by atoms with Crippen LogP contribution < -0.4 is 15.1 Å². The van der Waals surface area contributed by atoms with Gasteiger partial charge in [0.15, 0.2) is 0 Å². The third-order valence-electron chi connectivity index (χ3n) is 4.15. The van der Waals surface area contributed by atoms with Crippen LogP contribution in [0.2, 0.25) is 0 Å². The van der Waals surface area contributed by atoms with Crippen molar-refractivity contribution in [2.75, 3.05) is 14.2 Å². The number of ether oxygens (including phenoxy) is 2. The van der Waals surface area contributed by atoms with E-state index in [0.29, 0.717) is 39.5 Å². The molecule has 2 heterocycles. The second-order valence-electron chi connectivity index (χ2n) is 5.99. The van der Waals surface area contributed by atoms with Crippen LogP contribution >= 0.6 is 27.7 Å². The van der Waals surface area contributed by atoms with Crippen LogP contribution in [0.15, 0.2) is 65.8 Å². The summed E-state index contributed by atoms with van der Waals surface area (Å²) in [4.78, 5) is 11.9. The maximum atomic E-state index is 11.9. The molecule has 0 radical (unpaired) electrons. The lowest BCUT2D eigenvalue weighted by atomic mass is 10.1. The van der Waals surface area contributed by atoms with Crippen molar-refractivity contribution < 1.29 is 18.3 Å². The summed E-state index contributed by atoms with van der Waals surface area (Å²) >= 11 is 4.73. The van der Waals surface area contributed by atoms with Crippen molar-refractivity contribution in [1.82, 2.24) is 10.2 Å². The average Bonchev–Trinajstić information content (AvgIpc) is 3.20. The third kappa shape index (κ3) is 4.30. The van der Waals surface area contributed by atoms with Crippen LogP contribution in [0.3, 0.4) is 0 Å². The molecule has 7 nitrogen and oxygen atoms in total. The third-order valence-corrected chi connectivity index (χ3v) is 5.51. The van der Waals surface area contributed by atoms with Gasteiger partial charge in [0.25, 0.3) is 5.22 Å². The van der Waals surface area contributed by atoms with E-state index >= 15 is 0 Å². The summed E-state index contributed by atoms with van der Waals surface area (Å²) in [5.41, 5.74) is 1.64. The zero-order chi connectivity index (χ0) is 20.4. The Hall–Kier alpha value is -2.78. The highest BCUT2D eigenvalue weighted by Crippen LogP contribution is 2.32. The van der Waals surface area contributed by atoms with Crippen LogP contribution in [0.5, 0.6) is 11.5 Å². The number of hydrogen-bond acceptors (Lipinski definition) is 8. The van der Waals surface area contributed by atoms with Crippen molar-refractivity contribution in [3.63, 3.8) is 0 Å². The summed E-state index contributed by atoms with van der Waals surface area (Å²) in [5, 5.41) is 9.44. The quantitative estimate of drug-likeness (QED) is 0.287.